The van der Waals surface area contributed by atoms with Crippen LogP contribution in [0.25, 0.3) is 0 Å². The Hall–Kier alpha value is -1.84. The molecule has 0 radical (unpaired) electrons. The number of imidazole rings is 1. The number of nitrogens with zero attached hydrogens (tertiary/aromatic N) is 2. The van der Waals surface area contributed by atoms with Crippen LogP contribution in [0.2, 0.25) is 0 Å². The van der Waals surface area contributed by atoms with Gasteiger partial charge in [-0.3, -0.25) is 0 Å². The molecule has 3 nitrogen and oxygen atoms in total. The first-order valence-electron chi connectivity index (χ1n) is 5.28. The number of anilines is 1. The van der Waals surface area contributed by atoms with Crippen molar-refractivity contribution in [3.8, 4) is 0 Å². The molecule has 0 spiro atoms. The minimum absolute atomic E-state index is 0.218. The monoisotopic (exact) mass is 219 g/mol. The number of hydrogen-bond acceptors (Lipinski definition) is 2. The van der Waals surface area contributed by atoms with Crippen LogP contribution >= 0.6 is 0 Å². The van der Waals surface area contributed by atoms with Crippen molar-refractivity contribution in [3.05, 3.63) is 48.3 Å². The summed E-state index contributed by atoms with van der Waals surface area (Å²) in [5, 5.41) is 3.22. The normalized spacial score (nSPS) is 10.4. The Kier molecular flexibility index (Phi) is 3.19. The molecule has 0 amide bonds. The average molecular weight is 219 g/mol. The summed E-state index contributed by atoms with van der Waals surface area (Å²) in [6.07, 6.45) is 3.64. The molecule has 0 unspecified atom stereocenters. The van der Waals surface area contributed by atoms with Gasteiger partial charge in [-0.25, -0.2) is 9.37 Å². The minimum atomic E-state index is -0.218. The van der Waals surface area contributed by atoms with E-state index < -0.39 is 0 Å². The second-order valence-corrected chi connectivity index (χ2v) is 3.53. The third kappa shape index (κ3) is 2.39. The van der Waals surface area contributed by atoms with Crippen LogP contribution in [0, 0.1) is 5.82 Å². The second-order valence-electron chi connectivity index (χ2n) is 3.53. The van der Waals surface area contributed by atoms with Crippen LogP contribution in [0.1, 0.15) is 12.6 Å². The van der Waals surface area contributed by atoms with Crippen LogP contribution in [0.5, 0.6) is 0 Å². The predicted molar refractivity (Wildman–Crippen MR) is 61.6 cm³/mol. The Morgan fingerprint density at radius 2 is 2.06 bits per heavy atom. The number of aryl methyl sites for hydroxylation is 1. The molecule has 0 fully saturated rings. The molecule has 2 aromatic rings. The van der Waals surface area contributed by atoms with Gasteiger partial charge >= 0.3 is 0 Å². The van der Waals surface area contributed by atoms with Gasteiger partial charge in [-0.15, -0.1) is 0 Å². The highest BCUT2D eigenvalue weighted by atomic mass is 19.1. The van der Waals surface area contributed by atoms with Crippen molar-refractivity contribution in [2.24, 2.45) is 0 Å². The molecule has 0 aliphatic heterocycles. The Balaban J connectivity index is 1.99. The zero-order valence-electron chi connectivity index (χ0n) is 9.15. The molecule has 0 aliphatic carbocycles. The number of benzene rings is 1. The SMILES string of the molecule is CCn1cncc1CNc1ccc(F)cc1. The topological polar surface area (TPSA) is 29.9 Å². The summed E-state index contributed by atoms with van der Waals surface area (Å²) in [6.45, 7) is 3.67. The lowest BCUT2D eigenvalue weighted by atomic mass is 10.3. The summed E-state index contributed by atoms with van der Waals surface area (Å²) < 4.78 is 14.7. The first-order valence-corrected chi connectivity index (χ1v) is 5.28. The number of halogens is 1. The summed E-state index contributed by atoms with van der Waals surface area (Å²) in [7, 11) is 0. The fourth-order valence-corrected chi connectivity index (χ4v) is 1.54. The fraction of sp³-hybridized carbons (Fsp3) is 0.250. The molecule has 2 rings (SSSR count). The summed E-state index contributed by atoms with van der Waals surface area (Å²) in [5.41, 5.74) is 2.03. The van der Waals surface area contributed by atoms with E-state index in [2.05, 4.69) is 21.8 Å². The molecular weight excluding hydrogens is 205 g/mol. The van der Waals surface area contributed by atoms with Gasteiger partial charge in [0.05, 0.1) is 18.6 Å². The van der Waals surface area contributed by atoms with Crippen molar-refractivity contribution in [1.29, 1.82) is 0 Å². The van der Waals surface area contributed by atoms with Gasteiger partial charge in [0.15, 0.2) is 0 Å². The molecule has 16 heavy (non-hydrogen) atoms. The van der Waals surface area contributed by atoms with E-state index in [1.165, 1.54) is 12.1 Å². The van der Waals surface area contributed by atoms with Crippen LogP contribution < -0.4 is 5.32 Å². The molecule has 1 aromatic heterocycles. The molecule has 0 saturated carbocycles. The molecule has 0 aliphatic rings. The molecule has 0 atom stereocenters. The molecule has 0 bridgehead atoms. The highest BCUT2D eigenvalue weighted by Gasteiger charge is 1.99. The number of aromatic nitrogens is 2. The number of nitrogens with one attached hydrogen (secondary N) is 1. The van der Waals surface area contributed by atoms with Gasteiger partial charge in [0.1, 0.15) is 5.82 Å². The molecule has 1 N–H and O–H groups in total. The van der Waals surface area contributed by atoms with Crippen molar-refractivity contribution in [3.63, 3.8) is 0 Å². The van der Waals surface area contributed by atoms with E-state index in [-0.39, 0.29) is 5.82 Å². The standard InChI is InChI=1S/C12H14FN3/c1-2-16-9-14-7-12(16)8-15-11-5-3-10(13)4-6-11/h3-7,9,15H,2,8H2,1H3. The van der Waals surface area contributed by atoms with Crippen molar-refractivity contribution in [2.45, 2.75) is 20.0 Å². The lowest BCUT2D eigenvalue weighted by Gasteiger charge is -2.08. The maximum absolute atomic E-state index is 12.7. The van der Waals surface area contributed by atoms with Gasteiger partial charge in [-0.05, 0) is 31.2 Å². The van der Waals surface area contributed by atoms with Gasteiger partial charge < -0.3 is 9.88 Å². The smallest absolute Gasteiger partial charge is 0.123 e. The zero-order chi connectivity index (χ0) is 11.4. The maximum atomic E-state index is 12.7. The van der Waals surface area contributed by atoms with Crippen molar-refractivity contribution in [2.75, 3.05) is 5.32 Å². The van der Waals surface area contributed by atoms with Gasteiger partial charge in [0.25, 0.3) is 0 Å². The van der Waals surface area contributed by atoms with Crippen molar-refractivity contribution < 1.29 is 4.39 Å². The Labute approximate surface area is 93.9 Å². The summed E-state index contributed by atoms with van der Waals surface area (Å²) in [4.78, 5) is 4.08. The third-order valence-electron chi connectivity index (χ3n) is 2.46. The summed E-state index contributed by atoms with van der Waals surface area (Å²) in [5.74, 6) is -0.218. The van der Waals surface area contributed by atoms with Gasteiger partial charge in [0.2, 0.25) is 0 Å². The van der Waals surface area contributed by atoms with E-state index in [1.54, 1.807) is 12.1 Å². The molecule has 1 heterocycles. The maximum Gasteiger partial charge on any atom is 0.123 e. The minimum Gasteiger partial charge on any atom is -0.379 e. The van der Waals surface area contributed by atoms with Gasteiger partial charge in [-0.1, -0.05) is 0 Å². The van der Waals surface area contributed by atoms with E-state index in [0.717, 1.165) is 17.9 Å². The summed E-state index contributed by atoms with van der Waals surface area (Å²) in [6, 6.07) is 6.34. The van der Waals surface area contributed by atoms with Crippen LogP contribution in [0.3, 0.4) is 0 Å². The first kappa shape index (κ1) is 10.7. The van der Waals surface area contributed by atoms with E-state index in [9.17, 15) is 4.39 Å². The highest BCUT2D eigenvalue weighted by molar-refractivity contribution is 5.42. The third-order valence-corrected chi connectivity index (χ3v) is 2.46. The van der Waals surface area contributed by atoms with Crippen LogP contribution in [-0.2, 0) is 13.1 Å². The van der Waals surface area contributed by atoms with E-state index in [0.29, 0.717) is 6.54 Å². The van der Waals surface area contributed by atoms with Crippen LogP contribution in [0.15, 0.2) is 36.8 Å². The van der Waals surface area contributed by atoms with Crippen LogP contribution in [-0.4, -0.2) is 9.55 Å². The van der Waals surface area contributed by atoms with E-state index >= 15 is 0 Å². The zero-order valence-corrected chi connectivity index (χ0v) is 9.15. The van der Waals surface area contributed by atoms with Crippen molar-refractivity contribution in [1.82, 2.24) is 9.55 Å². The van der Waals surface area contributed by atoms with E-state index in [1.807, 2.05) is 12.5 Å². The number of hydrogen-bond donors (Lipinski definition) is 1. The Morgan fingerprint density at radius 1 is 1.31 bits per heavy atom. The Bertz CT molecular complexity index is 448. The second kappa shape index (κ2) is 4.79. The lowest BCUT2D eigenvalue weighted by Crippen LogP contribution is -2.05. The average Bonchev–Trinajstić information content (AvgIpc) is 2.76. The largest absolute Gasteiger partial charge is 0.379 e. The predicted octanol–water partition coefficient (Wildman–Crippen LogP) is 2.65. The van der Waals surface area contributed by atoms with Gasteiger partial charge in [-0.2, -0.15) is 0 Å². The molecule has 4 heteroatoms. The molecule has 1 aromatic carbocycles. The molecule has 84 valence electrons. The van der Waals surface area contributed by atoms with Crippen molar-refractivity contribution >= 4 is 5.69 Å². The van der Waals surface area contributed by atoms with Crippen LogP contribution in [0.4, 0.5) is 10.1 Å². The summed E-state index contributed by atoms with van der Waals surface area (Å²) >= 11 is 0. The van der Waals surface area contributed by atoms with E-state index in [4.69, 9.17) is 0 Å². The first-order chi connectivity index (χ1) is 7.79. The highest BCUT2D eigenvalue weighted by Crippen LogP contribution is 2.10. The quantitative estimate of drug-likeness (QED) is 0.856. The number of rotatable bonds is 4. The molecular formula is C12H14FN3. The fourth-order valence-electron chi connectivity index (χ4n) is 1.54. The lowest BCUT2D eigenvalue weighted by molar-refractivity contribution is 0.628. The Morgan fingerprint density at radius 3 is 2.75 bits per heavy atom. The molecule has 0 saturated heterocycles. The van der Waals surface area contributed by atoms with Gasteiger partial charge in [0, 0.05) is 18.4 Å².